The summed E-state index contributed by atoms with van der Waals surface area (Å²) in [5, 5.41) is 15.5. The first-order valence-electron chi connectivity index (χ1n) is 6.71. The first-order valence-corrected chi connectivity index (χ1v) is 6.71. The number of aryl methyl sites for hydroxylation is 2. The van der Waals surface area contributed by atoms with Crippen LogP contribution in [-0.2, 0) is 11.3 Å². The lowest BCUT2D eigenvalue weighted by Crippen LogP contribution is -2.19. The lowest BCUT2D eigenvalue weighted by molar-refractivity contribution is -0.137. The van der Waals surface area contributed by atoms with Crippen LogP contribution in [0.5, 0.6) is 5.75 Å². The Morgan fingerprint density at radius 2 is 2.14 bits per heavy atom. The van der Waals surface area contributed by atoms with Crippen LogP contribution in [0.15, 0.2) is 30.5 Å². The van der Waals surface area contributed by atoms with Crippen LogP contribution in [0.2, 0.25) is 0 Å². The number of methoxy groups -OCH3 is 1. The maximum absolute atomic E-state index is 12.3. The second-order valence-electron chi connectivity index (χ2n) is 4.74. The van der Waals surface area contributed by atoms with Crippen molar-refractivity contribution in [3.63, 3.8) is 0 Å². The topological polar surface area (TPSA) is 93.5 Å². The second-order valence-corrected chi connectivity index (χ2v) is 4.74. The van der Waals surface area contributed by atoms with Gasteiger partial charge in [0.25, 0.3) is 5.91 Å². The van der Waals surface area contributed by atoms with Gasteiger partial charge in [-0.25, -0.2) is 0 Å². The smallest absolute Gasteiger partial charge is 0.305 e. The average molecular weight is 303 g/mol. The molecule has 1 aromatic heterocycles. The minimum Gasteiger partial charge on any atom is -0.495 e. The number of carboxylic acid groups (broad SMARTS) is 1. The summed E-state index contributed by atoms with van der Waals surface area (Å²) >= 11 is 0. The van der Waals surface area contributed by atoms with Gasteiger partial charge in [0.15, 0.2) is 0 Å². The van der Waals surface area contributed by atoms with Crippen molar-refractivity contribution >= 4 is 17.6 Å². The molecule has 0 radical (unpaired) electrons. The van der Waals surface area contributed by atoms with Gasteiger partial charge in [-0.15, -0.1) is 0 Å². The molecule has 0 aliphatic heterocycles. The number of aromatic nitrogens is 2. The van der Waals surface area contributed by atoms with Crippen molar-refractivity contribution in [2.75, 3.05) is 12.4 Å². The highest BCUT2D eigenvalue weighted by Crippen LogP contribution is 2.25. The number of carboxylic acids is 1. The highest BCUT2D eigenvalue weighted by atomic mass is 16.5. The van der Waals surface area contributed by atoms with Crippen molar-refractivity contribution in [3.05, 3.63) is 41.7 Å². The van der Waals surface area contributed by atoms with Gasteiger partial charge in [0.1, 0.15) is 11.4 Å². The molecule has 0 bridgehead atoms. The Balaban J connectivity index is 2.18. The number of anilines is 1. The number of hydrogen-bond acceptors (Lipinski definition) is 4. The Bertz CT molecular complexity index is 694. The van der Waals surface area contributed by atoms with E-state index in [1.54, 1.807) is 18.2 Å². The number of ether oxygens (including phenoxy) is 1. The molecule has 1 aromatic carbocycles. The predicted octanol–water partition coefficient (Wildman–Crippen LogP) is 1.93. The van der Waals surface area contributed by atoms with Gasteiger partial charge in [-0.3, -0.25) is 14.3 Å². The molecule has 0 atom stereocenters. The summed E-state index contributed by atoms with van der Waals surface area (Å²) in [6.45, 7) is 2.04. The van der Waals surface area contributed by atoms with Crippen LogP contribution in [0.25, 0.3) is 0 Å². The van der Waals surface area contributed by atoms with Crippen LogP contribution in [0.4, 0.5) is 5.69 Å². The Hall–Kier alpha value is -2.83. The lowest BCUT2D eigenvalue weighted by Gasteiger charge is -2.11. The fraction of sp³-hybridized carbons (Fsp3) is 0.267. The summed E-state index contributed by atoms with van der Waals surface area (Å²) in [6, 6.07) is 6.99. The molecule has 7 nitrogen and oxygen atoms in total. The van der Waals surface area contributed by atoms with Crippen molar-refractivity contribution in [2.45, 2.75) is 19.9 Å². The maximum Gasteiger partial charge on any atom is 0.305 e. The zero-order valence-electron chi connectivity index (χ0n) is 12.4. The van der Waals surface area contributed by atoms with E-state index >= 15 is 0 Å². The van der Waals surface area contributed by atoms with Gasteiger partial charge >= 0.3 is 5.97 Å². The molecule has 0 fully saturated rings. The van der Waals surface area contributed by atoms with Gasteiger partial charge < -0.3 is 15.2 Å². The summed E-state index contributed by atoms with van der Waals surface area (Å²) in [6.07, 6.45) is 1.36. The van der Waals surface area contributed by atoms with E-state index in [9.17, 15) is 9.59 Å². The summed E-state index contributed by atoms with van der Waals surface area (Å²) in [5.74, 6) is -0.760. The van der Waals surface area contributed by atoms with Gasteiger partial charge in [0, 0.05) is 6.20 Å². The highest BCUT2D eigenvalue weighted by Gasteiger charge is 2.15. The number of aliphatic carboxylic acids is 1. The summed E-state index contributed by atoms with van der Waals surface area (Å²) in [7, 11) is 1.53. The maximum atomic E-state index is 12.3. The van der Waals surface area contributed by atoms with Crippen LogP contribution in [0.1, 0.15) is 22.5 Å². The number of nitrogens with zero attached hydrogens (tertiary/aromatic N) is 2. The standard InChI is InChI=1S/C15H17N3O4/c1-10-3-4-13(22-2)11(9-10)17-15(21)12-5-7-16-18(12)8-6-14(19)20/h3-5,7,9H,6,8H2,1-2H3,(H,17,21)(H,19,20). The van der Waals surface area contributed by atoms with Crippen molar-refractivity contribution in [3.8, 4) is 5.75 Å². The SMILES string of the molecule is COc1ccc(C)cc1NC(=O)c1ccnn1CCC(=O)O. The van der Waals surface area contributed by atoms with Crippen LogP contribution < -0.4 is 10.1 Å². The van der Waals surface area contributed by atoms with E-state index < -0.39 is 5.97 Å². The van der Waals surface area contributed by atoms with E-state index in [0.29, 0.717) is 17.1 Å². The van der Waals surface area contributed by atoms with Crippen molar-refractivity contribution in [1.29, 1.82) is 0 Å². The first kappa shape index (κ1) is 15.6. The zero-order valence-corrected chi connectivity index (χ0v) is 12.4. The van der Waals surface area contributed by atoms with Crippen LogP contribution in [0, 0.1) is 6.92 Å². The molecule has 0 unspecified atom stereocenters. The Morgan fingerprint density at radius 3 is 2.82 bits per heavy atom. The molecule has 0 saturated heterocycles. The van der Waals surface area contributed by atoms with Gasteiger partial charge in [0.05, 0.1) is 25.8 Å². The fourth-order valence-electron chi connectivity index (χ4n) is 2.01. The van der Waals surface area contributed by atoms with Crippen LogP contribution in [-0.4, -0.2) is 33.9 Å². The number of hydrogen-bond donors (Lipinski definition) is 2. The predicted molar refractivity (Wildman–Crippen MR) is 80.2 cm³/mol. The minimum absolute atomic E-state index is 0.101. The molecule has 1 heterocycles. The molecular formula is C15H17N3O4. The molecule has 2 N–H and O–H groups in total. The summed E-state index contributed by atoms with van der Waals surface area (Å²) in [4.78, 5) is 23.0. The highest BCUT2D eigenvalue weighted by molar-refractivity contribution is 6.03. The summed E-state index contributed by atoms with van der Waals surface area (Å²) < 4.78 is 6.58. The molecule has 116 valence electrons. The number of nitrogens with one attached hydrogen (secondary N) is 1. The van der Waals surface area contributed by atoms with Gasteiger partial charge in [-0.05, 0) is 30.7 Å². The fourth-order valence-corrected chi connectivity index (χ4v) is 2.01. The average Bonchev–Trinajstić information content (AvgIpc) is 2.94. The monoisotopic (exact) mass is 303 g/mol. The molecule has 1 amide bonds. The molecule has 7 heteroatoms. The van der Waals surface area contributed by atoms with Crippen molar-refractivity contribution < 1.29 is 19.4 Å². The Kier molecular flexibility index (Phi) is 4.77. The Labute approximate surface area is 127 Å². The van der Waals surface area contributed by atoms with Gasteiger partial charge in [-0.2, -0.15) is 5.10 Å². The quantitative estimate of drug-likeness (QED) is 0.850. The molecule has 0 spiro atoms. The lowest BCUT2D eigenvalue weighted by atomic mass is 10.2. The second kappa shape index (κ2) is 6.75. The Morgan fingerprint density at radius 1 is 1.36 bits per heavy atom. The number of carbonyl (C=O) groups is 2. The number of rotatable bonds is 6. The van der Waals surface area contributed by atoms with E-state index in [2.05, 4.69) is 10.4 Å². The third-order valence-corrected chi connectivity index (χ3v) is 3.09. The molecule has 0 aliphatic rings. The molecule has 2 rings (SSSR count). The number of benzene rings is 1. The summed E-state index contributed by atoms with van der Waals surface area (Å²) in [5.41, 5.74) is 1.83. The third kappa shape index (κ3) is 3.63. The molecule has 22 heavy (non-hydrogen) atoms. The zero-order chi connectivity index (χ0) is 16.1. The minimum atomic E-state index is -0.942. The van der Waals surface area contributed by atoms with Crippen LogP contribution in [0.3, 0.4) is 0 Å². The van der Waals surface area contributed by atoms with Crippen LogP contribution >= 0.6 is 0 Å². The van der Waals surface area contributed by atoms with E-state index in [4.69, 9.17) is 9.84 Å². The van der Waals surface area contributed by atoms with Crippen molar-refractivity contribution in [1.82, 2.24) is 9.78 Å². The molecule has 0 saturated carbocycles. The first-order chi connectivity index (χ1) is 10.5. The van der Waals surface area contributed by atoms with E-state index in [-0.39, 0.29) is 18.9 Å². The van der Waals surface area contributed by atoms with E-state index in [0.717, 1.165) is 5.56 Å². The van der Waals surface area contributed by atoms with Gasteiger partial charge in [0.2, 0.25) is 0 Å². The van der Waals surface area contributed by atoms with E-state index in [1.807, 2.05) is 13.0 Å². The largest absolute Gasteiger partial charge is 0.495 e. The molecule has 0 aliphatic carbocycles. The molecule has 2 aromatic rings. The van der Waals surface area contributed by atoms with Gasteiger partial charge in [-0.1, -0.05) is 6.07 Å². The number of amides is 1. The normalized spacial score (nSPS) is 10.3. The van der Waals surface area contributed by atoms with E-state index in [1.165, 1.54) is 18.0 Å². The number of carbonyl (C=O) groups excluding carboxylic acids is 1. The third-order valence-electron chi connectivity index (χ3n) is 3.09. The molecular weight excluding hydrogens is 286 g/mol. The van der Waals surface area contributed by atoms with Crippen molar-refractivity contribution in [2.24, 2.45) is 0 Å².